The van der Waals surface area contributed by atoms with Crippen LogP contribution in [0.1, 0.15) is 46.0 Å². The van der Waals surface area contributed by atoms with Gasteiger partial charge in [0, 0.05) is 0 Å². The average molecular weight is 209 g/mol. The lowest BCUT2D eigenvalue weighted by Crippen LogP contribution is -2.32. The van der Waals surface area contributed by atoms with E-state index in [4.69, 9.17) is 0 Å². The minimum absolute atomic E-state index is 0.918. The molecule has 0 aliphatic heterocycles. The lowest BCUT2D eigenvalue weighted by Gasteiger charge is -2.35. The van der Waals surface area contributed by atoms with Crippen LogP contribution in [0, 0.1) is 17.8 Å². The van der Waals surface area contributed by atoms with Crippen LogP contribution in [0.3, 0.4) is 0 Å². The standard InChI is InChI=1S/C14H27N/c1-4-6-7-13-10-12(3)8-9-14(13)11-15-5-2/h4,12-15H,1,5-11H2,2-3H3. The van der Waals surface area contributed by atoms with Crippen molar-refractivity contribution < 1.29 is 0 Å². The average Bonchev–Trinajstić information content (AvgIpc) is 2.25. The van der Waals surface area contributed by atoms with Gasteiger partial charge in [0.2, 0.25) is 0 Å². The van der Waals surface area contributed by atoms with E-state index in [2.05, 4.69) is 31.8 Å². The van der Waals surface area contributed by atoms with Crippen molar-refractivity contribution in [1.82, 2.24) is 5.32 Å². The van der Waals surface area contributed by atoms with Crippen molar-refractivity contribution in [3.63, 3.8) is 0 Å². The smallest absolute Gasteiger partial charge is 0.00180 e. The van der Waals surface area contributed by atoms with Crippen LogP contribution in [0.15, 0.2) is 12.7 Å². The van der Waals surface area contributed by atoms with Crippen molar-refractivity contribution in [2.45, 2.75) is 46.0 Å². The van der Waals surface area contributed by atoms with Crippen LogP contribution in [0.4, 0.5) is 0 Å². The fourth-order valence-corrected chi connectivity index (χ4v) is 2.85. The summed E-state index contributed by atoms with van der Waals surface area (Å²) in [6.07, 6.45) is 8.91. The van der Waals surface area contributed by atoms with Gasteiger partial charge in [-0.1, -0.05) is 26.3 Å². The highest BCUT2D eigenvalue weighted by atomic mass is 14.8. The van der Waals surface area contributed by atoms with Crippen LogP contribution in [-0.2, 0) is 0 Å². The summed E-state index contributed by atoms with van der Waals surface area (Å²) in [4.78, 5) is 0. The third-order valence-corrected chi connectivity index (χ3v) is 3.80. The number of allylic oxidation sites excluding steroid dienone is 1. The van der Waals surface area contributed by atoms with E-state index in [1.54, 1.807) is 0 Å². The molecule has 0 heterocycles. The fraction of sp³-hybridized carbons (Fsp3) is 0.857. The Balaban J connectivity index is 2.38. The minimum atomic E-state index is 0.918. The molecule has 15 heavy (non-hydrogen) atoms. The molecule has 1 heteroatoms. The second-order valence-corrected chi connectivity index (χ2v) is 5.11. The molecule has 0 aromatic rings. The van der Waals surface area contributed by atoms with Gasteiger partial charge in [0.1, 0.15) is 0 Å². The van der Waals surface area contributed by atoms with Gasteiger partial charge in [0.15, 0.2) is 0 Å². The lowest BCUT2D eigenvalue weighted by molar-refractivity contribution is 0.176. The summed E-state index contributed by atoms with van der Waals surface area (Å²) >= 11 is 0. The Morgan fingerprint density at radius 2 is 2.13 bits per heavy atom. The SMILES string of the molecule is C=CCCC1CC(C)CCC1CNCC. The number of nitrogens with one attached hydrogen (secondary N) is 1. The van der Waals surface area contributed by atoms with Gasteiger partial charge in [0.05, 0.1) is 0 Å². The van der Waals surface area contributed by atoms with E-state index < -0.39 is 0 Å². The monoisotopic (exact) mass is 209 g/mol. The first-order valence-corrected chi connectivity index (χ1v) is 6.59. The van der Waals surface area contributed by atoms with E-state index in [0.717, 1.165) is 24.3 Å². The Morgan fingerprint density at radius 3 is 2.80 bits per heavy atom. The topological polar surface area (TPSA) is 12.0 Å². The lowest BCUT2D eigenvalue weighted by atomic mass is 9.73. The summed E-state index contributed by atoms with van der Waals surface area (Å²) in [5.41, 5.74) is 0. The maximum Gasteiger partial charge on any atom is -0.00180 e. The second-order valence-electron chi connectivity index (χ2n) is 5.11. The van der Waals surface area contributed by atoms with Crippen LogP contribution in [0.25, 0.3) is 0 Å². The van der Waals surface area contributed by atoms with Crippen molar-refractivity contribution in [2.24, 2.45) is 17.8 Å². The minimum Gasteiger partial charge on any atom is -0.317 e. The quantitative estimate of drug-likeness (QED) is 0.659. The molecule has 1 rings (SSSR count). The van der Waals surface area contributed by atoms with Gasteiger partial charge in [-0.2, -0.15) is 0 Å². The maximum absolute atomic E-state index is 3.84. The van der Waals surface area contributed by atoms with E-state index in [1.807, 2.05) is 0 Å². The first kappa shape index (κ1) is 12.8. The first-order valence-electron chi connectivity index (χ1n) is 6.59. The van der Waals surface area contributed by atoms with Gasteiger partial charge in [-0.15, -0.1) is 6.58 Å². The van der Waals surface area contributed by atoms with E-state index >= 15 is 0 Å². The number of hydrogen-bond acceptors (Lipinski definition) is 1. The molecular formula is C14H27N. The summed E-state index contributed by atoms with van der Waals surface area (Å²) in [6.45, 7) is 10.8. The Morgan fingerprint density at radius 1 is 1.33 bits per heavy atom. The second kappa shape index (κ2) is 7.05. The molecular weight excluding hydrogens is 182 g/mol. The molecule has 3 atom stereocenters. The zero-order valence-corrected chi connectivity index (χ0v) is 10.5. The molecule has 0 amide bonds. The van der Waals surface area contributed by atoms with Crippen LogP contribution in [0.5, 0.6) is 0 Å². The first-order chi connectivity index (χ1) is 7.27. The molecule has 1 aliphatic rings. The summed E-state index contributed by atoms with van der Waals surface area (Å²) < 4.78 is 0. The molecule has 3 unspecified atom stereocenters. The molecule has 1 saturated carbocycles. The molecule has 0 radical (unpaired) electrons. The molecule has 0 spiro atoms. The summed E-state index contributed by atoms with van der Waals surface area (Å²) in [5, 5.41) is 3.51. The van der Waals surface area contributed by atoms with Crippen LogP contribution in [-0.4, -0.2) is 13.1 Å². The fourth-order valence-electron chi connectivity index (χ4n) is 2.85. The Hall–Kier alpha value is -0.300. The van der Waals surface area contributed by atoms with Gasteiger partial charge in [-0.05, 0) is 56.5 Å². The van der Waals surface area contributed by atoms with E-state index in [1.165, 1.54) is 38.6 Å². The van der Waals surface area contributed by atoms with Crippen LogP contribution < -0.4 is 5.32 Å². The van der Waals surface area contributed by atoms with Gasteiger partial charge in [-0.25, -0.2) is 0 Å². The van der Waals surface area contributed by atoms with E-state index in [-0.39, 0.29) is 0 Å². The molecule has 88 valence electrons. The Kier molecular flexibility index (Phi) is 6.00. The Bertz CT molecular complexity index is 174. The Labute approximate surface area is 95.3 Å². The summed E-state index contributed by atoms with van der Waals surface area (Å²) in [7, 11) is 0. The van der Waals surface area contributed by atoms with E-state index in [0.29, 0.717) is 0 Å². The predicted octanol–water partition coefficient (Wildman–Crippen LogP) is 3.61. The van der Waals surface area contributed by atoms with Crippen molar-refractivity contribution in [2.75, 3.05) is 13.1 Å². The predicted molar refractivity (Wildman–Crippen MR) is 68.0 cm³/mol. The molecule has 1 nitrogen and oxygen atoms in total. The third kappa shape index (κ3) is 4.38. The van der Waals surface area contributed by atoms with Crippen LogP contribution >= 0.6 is 0 Å². The molecule has 0 aromatic heterocycles. The van der Waals surface area contributed by atoms with Gasteiger partial charge in [-0.3, -0.25) is 0 Å². The number of rotatable bonds is 6. The summed E-state index contributed by atoms with van der Waals surface area (Å²) in [5.74, 6) is 2.80. The normalized spacial score (nSPS) is 31.5. The summed E-state index contributed by atoms with van der Waals surface area (Å²) in [6, 6.07) is 0. The highest BCUT2D eigenvalue weighted by Gasteiger charge is 2.27. The molecule has 1 aliphatic carbocycles. The zero-order chi connectivity index (χ0) is 11.1. The highest BCUT2D eigenvalue weighted by molar-refractivity contribution is 4.82. The van der Waals surface area contributed by atoms with E-state index in [9.17, 15) is 0 Å². The zero-order valence-electron chi connectivity index (χ0n) is 10.5. The maximum atomic E-state index is 3.84. The molecule has 0 bridgehead atoms. The molecule has 0 saturated heterocycles. The third-order valence-electron chi connectivity index (χ3n) is 3.80. The molecule has 1 N–H and O–H groups in total. The molecule has 1 fully saturated rings. The number of hydrogen-bond donors (Lipinski definition) is 1. The van der Waals surface area contributed by atoms with Crippen molar-refractivity contribution in [1.29, 1.82) is 0 Å². The van der Waals surface area contributed by atoms with Crippen molar-refractivity contribution in [3.8, 4) is 0 Å². The van der Waals surface area contributed by atoms with Gasteiger partial charge < -0.3 is 5.32 Å². The largest absolute Gasteiger partial charge is 0.317 e. The highest BCUT2D eigenvalue weighted by Crippen LogP contribution is 2.36. The van der Waals surface area contributed by atoms with Crippen molar-refractivity contribution >= 4 is 0 Å². The van der Waals surface area contributed by atoms with Gasteiger partial charge in [0.25, 0.3) is 0 Å². The van der Waals surface area contributed by atoms with Crippen molar-refractivity contribution in [3.05, 3.63) is 12.7 Å². The van der Waals surface area contributed by atoms with Crippen LogP contribution in [0.2, 0.25) is 0 Å². The van der Waals surface area contributed by atoms with Gasteiger partial charge >= 0.3 is 0 Å². The molecule has 0 aromatic carbocycles.